The van der Waals surface area contributed by atoms with Crippen molar-refractivity contribution in [1.29, 1.82) is 0 Å². The first kappa shape index (κ1) is 22.3. The smallest absolute Gasteiger partial charge is 0.191 e. The fourth-order valence-corrected chi connectivity index (χ4v) is 3.46. The van der Waals surface area contributed by atoms with E-state index in [1.54, 1.807) is 0 Å². The highest BCUT2D eigenvalue weighted by Crippen LogP contribution is 2.08. The van der Waals surface area contributed by atoms with E-state index in [0.717, 1.165) is 76.9 Å². The van der Waals surface area contributed by atoms with Gasteiger partial charge in [-0.15, -0.1) is 0 Å². The Kier molecular flexibility index (Phi) is 9.69. The van der Waals surface area contributed by atoms with Crippen LogP contribution in [0.3, 0.4) is 0 Å². The van der Waals surface area contributed by atoms with Crippen molar-refractivity contribution in [2.24, 2.45) is 4.99 Å². The summed E-state index contributed by atoms with van der Waals surface area (Å²) in [5, 5.41) is 6.69. The minimum atomic E-state index is 0.271. The fraction of sp³-hybridized carbons (Fsp3) is 0.565. The number of ether oxygens (including phenoxy) is 2. The maximum atomic E-state index is 5.81. The SMILES string of the molecule is CCNC(=NCc1nccn1CCCc1ccccc1)NCCCOC1CCOC1. The zero-order valence-electron chi connectivity index (χ0n) is 18.1. The summed E-state index contributed by atoms with van der Waals surface area (Å²) in [6.45, 7) is 7.53. The number of aryl methyl sites for hydroxylation is 2. The Labute approximate surface area is 179 Å². The second-order valence-electron chi connectivity index (χ2n) is 7.46. The summed E-state index contributed by atoms with van der Waals surface area (Å²) in [6, 6.07) is 10.6. The van der Waals surface area contributed by atoms with Gasteiger partial charge in [-0.25, -0.2) is 9.98 Å². The van der Waals surface area contributed by atoms with Gasteiger partial charge in [0.2, 0.25) is 0 Å². The number of hydrogen-bond acceptors (Lipinski definition) is 4. The lowest BCUT2D eigenvalue weighted by molar-refractivity contribution is 0.0420. The largest absolute Gasteiger partial charge is 0.379 e. The zero-order valence-corrected chi connectivity index (χ0v) is 18.1. The van der Waals surface area contributed by atoms with Gasteiger partial charge in [-0.3, -0.25) is 0 Å². The van der Waals surface area contributed by atoms with E-state index in [2.05, 4.69) is 57.4 Å². The predicted octanol–water partition coefficient (Wildman–Crippen LogP) is 2.77. The van der Waals surface area contributed by atoms with Crippen LogP contribution in [-0.4, -0.2) is 54.5 Å². The lowest BCUT2D eigenvalue weighted by Crippen LogP contribution is -2.38. The third-order valence-electron chi connectivity index (χ3n) is 5.09. The summed E-state index contributed by atoms with van der Waals surface area (Å²) in [5.41, 5.74) is 1.38. The van der Waals surface area contributed by atoms with Crippen molar-refractivity contribution in [2.75, 3.05) is 32.9 Å². The van der Waals surface area contributed by atoms with Crippen molar-refractivity contribution in [3.8, 4) is 0 Å². The number of benzene rings is 1. The average molecular weight is 414 g/mol. The summed E-state index contributed by atoms with van der Waals surface area (Å²) in [6.07, 6.45) is 8.28. The molecule has 7 nitrogen and oxygen atoms in total. The van der Waals surface area contributed by atoms with Crippen LogP contribution in [-0.2, 0) is 29.0 Å². The van der Waals surface area contributed by atoms with E-state index in [-0.39, 0.29) is 6.10 Å². The van der Waals surface area contributed by atoms with Gasteiger partial charge in [-0.1, -0.05) is 30.3 Å². The van der Waals surface area contributed by atoms with Crippen LogP contribution < -0.4 is 10.6 Å². The molecule has 0 saturated carbocycles. The van der Waals surface area contributed by atoms with Crippen molar-refractivity contribution in [1.82, 2.24) is 20.2 Å². The third-order valence-corrected chi connectivity index (χ3v) is 5.09. The minimum Gasteiger partial charge on any atom is -0.379 e. The Balaban J connectivity index is 1.39. The molecule has 3 rings (SSSR count). The molecule has 1 aliphatic heterocycles. The van der Waals surface area contributed by atoms with Gasteiger partial charge in [0.15, 0.2) is 5.96 Å². The van der Waals surface area contributed by atoms with E-state index < -0.39 is 0 Å². The summed E-state index contributed by atoms with van der Waals surface area (Å²) >= 11 is 0. The van der Waals surface area contributed by atoms with Crippen LogP contribution in [0.2, 0.25) is 0 Å². The van der Waals surface area contributed by atoms with E-state index in [4.69, 9.17) is 14.5 Å². The van der Waals surface area contributed by atoms with Gasteiger partial charge in [0.25, 0.3) is 0 Å². The van der Waals surface area contributed by atoms with E-state index in [1.807, 2.05) is 12.4 Å². The molecule has 2 aromatic rings. The molecule has 1 saturated heterocycles. The summed E-state index contributed by atoms with van der Waals surface area (Å²) in [5.74, 6) is 1.81. The molecule has 1 aliphatic rings. The summed E-state index contributed by atoms with van der Waals surface area (Å²) in [7, 11) is 0. The Hall–Kier alpha value is -2.38. The molecular formula is C23H35N5O2. The quantitative estimate of drug-likeness (QED) is 0.318. The molecule has 0 aliphatic carbocycles. The summed E-state index contributed by atoms with van der Waals surface area (Å²) < 4.78 is 13.3. The summed E-state index contributed by atoms with van der Waals surface area (Å²) in [4.78, 5) is 9.20. The van der Waals surface area contributed by atoms with Gasteiger partial charge in [-0.2, -0.15) is 0 Å². The van der Waals surface area contributed by atoms with Gasteiger partial charge >= 0.3 is 0 Å². The van der Waals surface area contributed by atoms with Gasteiger partial charge in [0.05, 0.1) is 12.7 Å². The Morgan fingerprint density at radius 3 is 2.97 bits per heavy atom. The molecule has 30 heavy (non-hydrogen) atoms. The number of aliphatic imine (C=N–C) groups is 1. The van der Waals surface area contributed by atoms with Gasteiger partial charge in [0.1, 0.15) is 12.4 Å². The molecule has 2 N–H and O–H groups in total. The van der Waals surface area contributed by atoms with Crippen LogP contribution in [0.4, 0.5) is 0 Å². The van der Waals surface area contributed by atoms with Crippen molar-refractivity contribution in [3.05, 3.63) is 54.1 Å². The van der Waals surface area contributed by atoms with Gasteiger partial charge < -0.3 is 24.7 Å². The molecule has 0 spiro atoms. The molecular weight excluding hydrogens is 378 g/mol. The van der Waals surface area contributed by atoms with E-state index in [0.29, 0.717) is 6.54 Å². The normalized spacial score (nSPS) is 16.7. The fourth-order valence-electron chi connectivity index (χ4n) is 3.46. The van der Waals surface area contributed by atoms with Crippen LogP contribution in [0.5, 0.6) is 0 Å². The van der Waals surface area contributed by atoms with Crippen LogP contribution in [0, 0.1) is 0 Å². The molecule has 0 bridgehead atoms. The second-order valence-corrected chi connectivity index (χ2v) is 7.46. The second kappa shape index (κ2) is 13.0. The van der Waals surface area contributed by atoms with Crippen LogP contribution >= 0.6 is 0 Å². The first-order valence-electron chi connectivity index (χ1n) is 11.1. The first-order chi connectivity index (χ1) is 14.8. The monoisotopic (exact) mass is 413 g/mol. The molecule has 1 unspecified atom stereocenters. The molecule has 1 aromatic heterocycles. The van der Waals surface area contributed by atoms with Crippen LogP contribution in [0.1, 0.15) is 37.6 Å². The first-order valence-corrected chi connectivity index (χ1v) is 11.1. The maximum Gasteiger partial charge on any atom is 0.191 e. The lowest BCUT2D eigenvalue weighted by atomic mass is 10.1. The van der Waals surface area contributed by atoms with E-state index in [1.165, 1.54) is 5.56 Å². The highest BCUT2D eigenvalue weighted by molar-refractivity contribution is 5.79. The average Bonchev–Trinajstić information content (AvgIpc) is 3.44. The van der Waals surface area contributed by atoms with Crippen molar-refractivity contribution in [3.63, 3.8) is 0 Å². The Bertz CT molecular complexity index is 741. The highest BCUT2D eigenvalue weighted by Gasteiger charge is 2.15. The molecule has 2 heterocycles. The number of imidazole rings is 1. The van der Waals surface area contributed by atoms with Gasteiger partial charge in [0, 0.05) is 45.2 Å². The standard InChI is InChI=1S/C23H35N5O2/c1-2-24-23(26-12-7-16-30-21-11-17-29-19-21)27-18-22-25-13-15-28(22)14-6-10-20-8-4-3-5-9-20/h3-5,8-9,13,15,21H,2,6-7,10-12,14,16-19H2,1H3,(H2,24,26,27). The topological polar surface area (TPSA) is 72.7 Å². The van der Waals surface area contributed by atoms with Crippen LogP contribution in [0.15, 0.2) is 47.7 Å². The highest BCUT2D eigenvalue weighted by atomic mass is 16.5. The van der Waals surface area contributed by atoms with E-state index in [9.17, 15) is 0 Å². The molecule has 1 atom stereocenters. The number of rotatable bonds is 12. The Morgan fingerprint density at radius 1 is 1.27 bits per heavy atom. The number of aromatic nitrogens is 2. The van der Waals surface area contributed by atoms with Crippen LogP contribution in [0.25, 0.3) is 0 Å². The molecule has 1 fully saturated rings. The number of nitrogens with one attached hydrogen (secondary N) is 2. The van der Waals surface area contributed by atoms with Gasteiger partial charge in [-0.05, 0) is 38.2 Å². The molecule has 164 valence electrons. The Morgan fingerprint density at radius 2 is 2.17 bits per heavy atom. The predicted molar refractivity (Wildman–Crippen MR) is 120 cm³/mol. The molecule has 7 heteroatoms. The number of hydrogen-bond donors (Lipinski definition) is 2. The number of nitrogens with zero attached hydrogens (tertiary/aromatic N) is 3. The zero-order chi connectivity index (χ0) is 20.9. The molecule has 0 amide bonds. The molecule has 1 aromatic carbocycles. The lowest BCUT2D eigenvalue weighted by Gasteiger charge is -2.13. The van der Waals surface area contributed by atoms with Crippen molar-refractivity contribution >= 4 is 5.96 Å². The van der Waals surface area contributed by atoms with Crippen molar-refractivity contribution in [2.45, 2.75) is 51.8 Å². The molecule has 0 radical (unpaired) electrons. The maximum absolute atomic E-state index is 5.81. The van der Waals surface area contributed by atoms with E-state index >= 15 is 0 Å². The number of guanidine groups is 1. The minimum absolute atomic E-state index is 0.271. The van der Waals surface area contributed by atoms with Crippen molar-refractivity contribution < 1.29 is 9.47 Å². The third kappa shape index (κ3) is 7.80.